The molecule has 1 aliphatic rings. The van der Waals surface area contributed by atoms with E-state index in [0.29, 0.717) is 0 Å². The van der Waals surface area contributed by atoms with E-state index in [-0.39, 0.29) is 5.41 Å². The second kappa shape index (κ2) is 4.44. The molecule has 0 aromatic carbocycles. The Hall–Kier alpha value is -1.44. The molecule has 0 amide bonds. The van der Waals surface area contributed by atoms with Crippen LogP contribution in [0.1, 0.15) is 34.1 Å². The van der Waals surface area contributed by atoms with Crippen LogP contribution >= 0.6 is 0 Å². The van der Waals surface area contributed by atoms with Gasteiger partial charge in [-0.05, 0) is 24.3 Å². The first-order chi connectivity index (χ1) is 7.63. The monoisotopic (exact) mass is 232 g/mol. The number of likely N-dealkylation sites (N-methyl/N-ethyl adjacent to an activating group) is 1. The van der Waals surface area contributed by atoms with Gasteiger partial charge in [-0.2, -0.15) is 0 Å². The van der Waals surface area contributed by atoms with Gasteiger partial charge in [0.1, 0.15) is 5.82 Å². The fourth-order valence-electron chi connectivity index (χ4n) is 1.95. The molecule has 0 aromatic rings. The summed E-state index contributed by atoms with van der Waals surface area (Å²) in [6, 6.07) is 0. The fourth-order valence-corrected chi connectivity index (χ4v) is 1.95. The smallest absolute Gasteiger partial charge is 0.109 e. The lowest BCUT2D eigenvalue weighted by Crippen LogP contribution is -2.22. The highest BCUT2D eigenvalue weighted by molar-refractivity contribution is 5.35. The molecule has 0 bridgehead atoms. The molecule has 94 valence electrons. The van der Waals surface area contributed by atoms with Crippen molar-refractivity contribution in [3.8, 4) is 0 Å². The predicted octanol–water partition coefficient (Wildman–Crippen LogP) is 4.07. The van der Waals surface area contributed by atoms with E-state index in [0.717, 1.165) is 29.2 Å². The van der Waals surface area contributed by atoms with Gasteiger partial charge in [-0.3, -0.25) is 0 Å². The summed E-state index contributed by atoms with van der Waals surface area (Å²) in [4.78, 5) is 4.12. The molecule has 0 aromatic heterocycles. The average molecular weight is 232 g/mol. The maximum Gasteiger partial charge on any atom is 0.109 e. The van der Waals surface area contributed by atoms with Gasteiger partial charge in [0.15, 0.2) is 0 Å². The van der Waals surface area contributed by atoms with Crippen molar-refractivity contribution in [2.45, 2.75) is 34.1 Å². The summed E-state index contributed by atoms with van der Waals surface area (Å²) >= 11 is 0. The van der Waals surface area contributed by atoms with E-state index < -0.39 is 0 Å². The third-order valence-electron chi connectivity index (χ3n) is 2.79. The van der Waals surface area contributed by atoms with Crippen molar-refractivity contribution in [2.75, 3.05) is 7.05 Å². The van der Waals surface area contributed by atoms with Crippen molar-refractivity contribution in [1.82, 2.24) is 9.80 Å². The van der Waals surface area contributed by atoms with E-state index >= 15 is 0 Å². The van der Waals surface area contributed by atoms with E-state index in [1.165, 1.54) is 0 Å². The molecular weight excluding hydrogens is 208 g/mol. The van der Waals surface area contributed by atoms with Gasteiger partial charge in [0.2, 0.25) is 0 Å². The lowest BCUT2D eigenvalue weighted by atomic mass is 9.90. The van der Waals surface area contributed by atoms with Gasteiger partial charge < -0.3 is 9.80 Å². The van der Waals surface area contributed by atoms with E-state index in [4.69, 9.17) is 0 Å². The van der Waals surface area contributed by atoms with Gasteiger partial charge in [0, 0.05) is 18.9 Å². The fraction of sp³-hybridized carbons (Fsp3) is 0.467. The lowest BCUT2D eigenvalue weighted by Gasteiger charge is -2.28. The Morgan fingerprint density at radius 2 is 1.82 bits per heavy atom. The van der Waals surface area contributed by atoms with Crippen LogP contribution in [0.5, 0.6) is 0 Å². The molecular formula is C15H24N2. The molecule has 0 fully saturated rings. The number of rotatable bonds is 3. The van der Waals surface area contributed by atoms with Crippen LogP contribution in [0.25, 0.3) is 0 Å². The van der Waals surface area contributed by atoms with Gasteiger partial charge in [-0.15, -0.1) is 0 Å². The van der Waals surface area contributed by atoms with Gasteiger partial charge >= 0.3 is 0 Å². The molecule has 0 N–H and O–H groups in total. The molecule has 0 spiro atoms. The van der Waals surface area contributed by atoms with E-state index in [1.54, 1.807) is 0 Å². The van der Waals surface area contributed by atoms with E-state index in [2.05, 4.69) is 56.5 Å². The van der Waals surface area contributed by atoms with Crippen LogP contribution in [0.3, 0.4) is 0 Å². The Labute approximate surface area is 106 Å². The molecule has 0 saturated heterocycles. The van der Waals surface area contributed by atoms with Crippen LogP contribution in [0.2, 0.25) is 0 Å². The SMILES string of the molecule is C=C(C)C1=CN(C(=C)CC(C)(C)C)C(=C)N1C. The number of nitrogens with zero attached hydrogens (tertiary/aromatic N) is 2. The van der Waals surface area contributed by atoms with Crippen LogP contribution in [-0.2, 0) is 0 Å². The summed E-state index contributed by atoms with van der Waals surface area (Å²) in [6.07, 6.45) is 3.01. The van der Waals surface area contributed by atoms with Crippen LogP contribution in [0.4, 0.5) is 0 Å². The van der Waals surface area contributed by atoms with Gasteiger partial charge in [0.05, 0.1) is 5.70 Å². The molecule has 0 saturated carbocycles. The zero-order chi connectivity index (χ0) is 13.4. The van der Waals surface area contributed by atoms with E-state index in [9.17, 15) is 0 Å². The van der Waals surface area contributed by atoms with Crippen molar-refractivity contribution >= 4 is 0 Å². The molecule has 0 atom stereocenters. The third kappa shape index (κ3) is 3.02. The summed E-state index contributed by atoms with van der Waals surface area (Å²) in [7, 11) is 2.01. The minimum Gasteiger partial charge on any atom is -0.330 e. The molecule has 1 aliphatic heterocycles. The summed E-state index contributed by atoms with van der Waals surface area (Å²) < 4.78 is 0. The molecule has 17 heavy (non-hydrogen) atoms. The Balaban J connectivity index is 2.90. The van der Waals surface area contributed by atoms with Gasteiger partial charge in [-0.1, -0.05) is 40.5 Å². The maximum atomic E-state index is 4.16. The highest BCUT2D eigenvalue weighted by Gasteiger charge is 2.26. The average Bonchev–Trinajstić information content (AvgIpc) is 2.41. The molecule has 1 rings (SSSR count). The second-order valence-corrected chi connectivity index (χ2v) is 5.94. The number of hydrogen-bond donors (Lipinski definition) is 0. The Kier molecular flexibility index (Phi) is 3.56. The highest BCUT2D eigenvalue weighted by atomic mass is 15.4. The van der Waals surface area contributed by atoms with Crippen molar-refractivity contribution < 1.29 is 0 Å². The molecule has 0 aliphatic carbocycles. The minimum absolute atomic E-state index is 0.232. The first-order valence-electron chi connectivity index (χ1n) is 5.91. The van der Waals surface area contributed by atoms with Gasteiger partial charge in [-0.25, -0.2) is 0 Å². The third-order valence-corrected chi connectivity index (χ3v) is 2.79. The standard InChI is InChI=1S/C15H24N2/c1-11(2)14-10-17(13(4)16(14)8)12(3)9-15(5,6)7/h10H,1,3-4,9H2,2,5-8H3. The number of hydrogen-bond acceptors (Lipinski definition) is 2. The zero-order valence-corrected chi connectivity index (χ0v) is 11.8. The largest absolute Gasteiger partial charge is 0.330 e. The second-order valence-electron chi connectivity index (χ2n) is 5.94. The molecule has 0 unspecified atom stereocenters. The van der Waals surface area contributed by atoms with Crippen LogP contribution in [0.15, 0.2) is 48.7 Å². The number of allylic oxidation sites excluding steroid dienone is 2. The van der Waals surface area contributed by atoms with Crippen molar-refractivity contribution in [3.63, 3.8) is 0 Å². The normalized spacial score (nSPS) is 16.3. The quantitative estimate of drug-likeness (QED) is 0.723. The highest BCUT2D eigenvalue weighted by Crippen LogP contribution is 2.34. The summed E-state index contributed by atoms with van der Waals surface area (Å²) in [5, 5.41) is 0. The van der Waals surface area contributed by atoms with Crippen LogP contribution in [0, 0.1) is 5.41 Å². The van der Waals surface area contributed by atoms with E-state index in [1.807, 2.05) is 14.0 Å². The Morgan fingerprint density at radius 3 is 2.18 bits per heavy atom. The minimum atomic E-state index is 0.232. The van der Waals surface area contributed by atoms with Crippen molar-refractivity contribution in [3.05, 3.63) is 48.7 Å². The first-order valence-corrected chi connectivity index (χ1v) is 5.91. The van der Waals surface area contributed by atoms with Gasteiger partial charge in [0.25, 0.3) is 0 Å². The van der Waals surface area contributed by atoms with Crippen molar-refractivity contribution in [1.29, 1.82) is 0 Å². The molecule has 2 heteroatoms. The van der Waals surface area contributed by atoms with Crippen LogP contribution in [-0.4, -0.2) is 16.8 Å². The summed E-state index contributed by atoms with van der Waals surface area (Å²) in [5.41, 5.74) is 3.45. The Morgan fingerprint density at radius 1 is 1.29 bits per heavy atom. The lowest BCUT2D eigenvalue weighted by molar-refractivity contribution is 0.354. The zero-order valence-electron chi connectivity index (χ0n) is 11.8. The maximum absolute atomic E-state index is 4.16. The molecule has 1 heterocycles. The van der Waals surface area contributed by atoms with Crippen LogP contribution < -0.4 is 0 Å². The summed E-state index contributed by atoms with van der Waals surface area (Å²) in [6.45, 7) is 20.9. The topological polar surface area (TPSA) is 6.48 Å². The summed E-state index contributed by atoms with van der Waals surface area (Å²) in [5.74, 6) is 0.942. The molecule has 0 radical (unpaired) electrons. The predicted molar refractivity (Wildman–Crippen MR) is 74.9 cm³/mol. The molecule has 2 nitrogen and oxygen atoms in total. The van der Waals surface area contributed by atoms with Crippen molar-refractivity contribution in [2.24, 2.45) is 5.41 Å². The Bertz CT molecular complexity index is 394. The first kappa shape index (κ1) is 13.6.